The first-order valence-electron chi connectivity index (χ1n) is 8.86. The third-order valence-electron chi connectivity index (χ3n) is 4.51. The summed E-state index contributed by atoms with van der Waals surface area (Å²) in [6, 6.07) is 18.7. The SMILES string of the molecule is O=C[C@@H]1[C@@H](OCc2ccccc2)CCCN1C(=O)OCc1ccccc1. The number of aldehydes is 1. The number of piperidine rings is 1. The highest BCUT2D eigenvalue weighted by molar-refractivity contribution is 5.74. The average molecular weight is 353 g/mol. The summed E-state index contributed by atoms with van der Waals surface area (Å²) in [6.07, 6.45) is 1.53. The van der Waals surface area contributed by atoms with E-state index < -0.39 is 12.1 Å². The van der Waals surface area contributed by atoms with E-state index in [1.807, 2.05) is 60.7 Å². The van der Waals surface area contributed by atoms with E-state index in [-0.39, 0.29) is 12.7 Å². The van der Waals surface area contributed by atoms with E-state index in [1.165, 1.54) is 4.90 Å². The predicted octanol–water partition coefficient (Wildman–Crippen LogP) is 3.57. The number of carbonyl (C=O) groups is 2. The number of carbonyl (C=O) groups excluding carboxylic acids is 2. The molecule has 136 valence electrons. The molecule has 0 bridgehead atoms. The number of amides is 1. The van der Waals surface area contributed by atoms with Gasteiger partial charge in [-0.25, -0.2) is 4.79 Å². The molecule has 3 rings (SSSR count). The lowest BCUT2D eigenvalue weighted by Crippen LogP contribution is -2.52. The van der Waals surface area contributed by atoms with Crippen LogP contribution < -0.4 is 0 Å². The number of benzene rings is 2. The van der Waals surface area contributed by atoms with Gasteiger partial charge in [-0.1, -0.05) is 60.7 Å². The minimum Gasteiger partial charge on any atom is -0.445 e. The summed E-state index contributed by atoms with van der Waals surface area (Å²) in [5.74, 6) is 0. The smallest absolute Gasteiger partial charge is 0.410 e. The van der Waals surface area contributed by atoms with Crippen molar-refractivity contribution in [1.29, 1.82) is 0 Å². The molecule has 26 heavy (non-hydrogen) atoms. The van der Waals surface area contributed by atoms with Gasteiger partial charge in [-0.05, 0) is 24.0 Å². The first-order valence-corrected chi connectivity index (χ1v) is 8.86. The van der Waals surface area contributed by atoms with E-state index in [1.54, 1.807) is 0 Å². The van der Waals surface area contributed by atoms with Crippen molar-refractivity contribution < 1.29 is 19.1 Å². The lowest BCUT2D eigenvalue weighted by molar-refractivity contribution is -0.121. The molecule has 5 heteroatoms. The van der Waals surface area contributed by atoms with Gasteiger partial charge in [0, 0.05) is 6.54 Å². The van der Waals surface area contributed by atoms with Crippen LogP contribution in [-0.2, 0) is 27.5 Å². The Hall–Kier alpha value is -2.66. The summed E-state index contributed by atoms with van der Waals surface area (Å²) in [4.78, 5) is 25.6. The summed E-state index contributed by atoms with van der Waals surface area (Å²) in [7, 11) is 0. The first-order chi connectivity index (χ1) is 12.8. The molecule has 5 nitrogen and oxygen atoms in total. The van der Waals surface area contributed by atoms with Crippen molar-refractivity contribution in [2.45, 2.75) is 38.2 Å². The summed E-state index contributed by atoms with van der Waals surface area (Å²) >= 11 is 0. The molecule has 1 aliphatic heterocycles. The quantitative estimate of drug-likeness (QED) is 0.745. The molecule has 1 amide bonds. The molecule has 1 saturated heterocycles. The fourth-order valence-electron chi connectivity index (χ4n) is 3.12. The Morgan fingerprint density at radius 1 is 1.00 bits per heavy atom. The van der Waals surface area contributed by atoms with Crippen LogP contribution in [0.4, 0.5) is 4.79 Å². The summed E-state index contributed by atoms with van der Waals surface area (Å²) in [5.41, 5.74) is 1.96. The molecule has 0 unspecified atom stereocenters. The topological polar surface area (TPSA) is 55.8 Å². The number of ether oxygens (including phenoxy) is 2. The second kappa shape index (κ2) is 9.15. The molecule has 2 aromatic rings. The molecule has 1 heterocycles. The second-order valence-electron chi connectivity index (χ2n) is 6.34. The van der Waals surface area contributed by atoms with Crippen molar-refractivity contribution in [1.82, 2.24) is 4.90 Å². The molecule has 2 aromatic carbocycles. The molecule has 0 saturated carbocycles. The maximum absolute atomic E-state index is 12.4. The molecule has 0 spiro atoms. The van der Waals surface area contributed by atoms with E-state index in [9.17, 15) is 9.59 Å². The van der Waals surface area contributed by atoms with Gasteiger partial charge in [-0.2, -0.15) is 0 Å². The monoisotopic (exact) mass is 353 g/mol. The Morgan fingerprint density at radius 3 is 2.23 bits per heavy atom. The van der Waals surface area contributed by atoms with Gasteiger partial charge in [0.25, 0.3) is 0 Å². The molecular formula is C21H23NO4. The van der Waals surface area contributed by atoms with Crippen LogP contribution in [0.25, 0.3) is 0 Å². The minimum absolute atomic E-state index is 0.192. The molecule has 1 fully saturated rings. The van der Waals surface area contributed by atoms with E-state index in [4.69, 9.17) is 9.47 Å². The zero-order chi connectivity index (χ0) is 18.2. The van der Waals surface area contributed by atoms with Gasteiger partial charge in [-0.3, -0.25) is 4.90 Å². The standard InChI is InChI=1S/C21H23NO4/c23-14-19-20(25-15-17-8-3-1-4-9-17)12-7-13-22(19)21(24)26-16-18-10-5-2-6-11-18/h1-6,8-11,14,19-20H,7,12-13,15-16H2/t19-,20+/m1/s1. The van der Waals surface area contributed by atoms with E-state index >= 15 is 0 Å². The van der Waals surface area contributed by atoms with Crippen molar-refractivity contribution in [2.75, 3.05) is 6.54 Å². The Bertz CT molecular complexity index is 704. The summed E-state index contributed by atoms with van der Waals surface area (Å²) in [5, 5.41) is 0. The molecule has 0 aliphatic carbocycles. The van der Waals surface area contributed by atoms with Crippen LogP contribution >= 0.6 is 0 Å². The van der Waals surface area contributed by atoms with Gasteiger partial charge < -0.3 is 14.3 Å². The van der Waals surface area contributed by atoms with Gasteiger partial charge in [0.05, 0.1) is 12.7 Å². The van der Waals surface area contributed by atoms with Crippen LogP contribution in [0.2, 0.25) is 0 Å². The minimum atomic E-state index is -0.615. The van der Waals surface area contributed by atoms with Crippen LogP contribution in [0.5, 0.6) is 0 Å². The maximum Gasteiger partial charge on any atom is 0.410 e. The van der Waals surface area contributed by atoms with Crippen LogP contribution in [0.3, 0.4) is 0 Å². The van der Waals surface area contributed by atoms with Crippen LogP contribution in [0, 0.1) is 0 Å². The Morgan fingerprint density at radius 2 is 1.62 bits per heavy atom. The highest BCUT2D eigenvalue weighted by Crippen LogP contribution is 2.22. The Balaban J connectivity index is 1.57. The number of hydrogen-bond donors (Lipinski definition) is 0. The zero-order valence-corrected chi connectivity index (χ0v) is 14.6. The molecule has 1 aliphatic rings. The number of nitrogens with zero attached hydrogens (tertiary/aromatic N) is 1. The number of likely N-dealkylation sites (tertiary alicyclic amines) is 1. The van der Waals surface area contributed by atoms with Crippen LogP contribution in [0.1, 0.15) is 24.0 Å². The van der Waals surface area contributed by atoms with Crippen LogP contribution in [-0.4, -0.2) is 36.0 Å². The Kier molecular flexibility index (Phi) is 6.39. The third-order valence-corrected chi connectivity index (χ3v) is 4.51. The van der Waals surface area contributed by atoms with Crippen molar-refractivity contribution >= 4 is 12.4 Å². The van der Waals surface area contributed by atoms with E-state index in [0.29, 0.717) is 13.2 Å². The molecule has 0 N–H and O–H groups in total. The van der Waals surface area contributed by atoms with Gasteiger partial charge in [0.2, 0.25) is 0 Å². The average Bonchev–Trinajstić information content (AvgIpc) is 2.71. The molecule has 2 atom stereocenters. The predicted molar refractivity (Wildman–Crippen MR) is 97.4 cm³/mol. The van der Waals surface area contributed by atoms with Crippen molar-refractivity contribution in [3.05, 3.63) is 71.8 Å². The fourth-order valence-corrected chi connectivity index (χ4v) is 3.12. The van der Waals surface area contributed by atoms with E-state index in [0.717, 1.165) is 30.3 Å². The van der Waals surface area contributed by atoms with Crippen molar-refractivity contribution in [2.24, 2.45) is 0 Å². The molecule has 0 radical (unpaired) electrons. The fraction of sp³-hybridized carbons (Fsp3) is 0.333. The lowest BCUT2D eigenvalue weighted by atomic mass is 10.00. The molecule has 0 aromatic heterocycles. The number of rotatable bonds is 6. The Labute approximate surface area is 153 Å². The van der Waals surface area contributed by atoms with Gasteiger partial charge in [0.1, 0.15) is 18.9 Å². The highest BCUT2D eigenvalue weighted by atomic mass is 16.6. The van der Waals surface area contributed by atoms with Gasteiger partial charge in [-0.15, -0.1) is 0 Å². The molecular weight excluding hydrogens is 330 g/mol. The van der Waals surface area contributed by atoms with Crippen LogP contribution in [0.15, 0.2) is 60.7 Å². The largest absolute Gasteiger partial charge is 0.445 e. The van der Waals surface area contributed by atoms with Crippen molar-refractivity contribution in [3.63, 3.8) is 0 Å². The third kappa shape index (κ3) is 4.70. The highest BCUT2D eigenvalue weighted by Gasteiger charge is 2.35. The zero-order valence-electron chi connectivity index (χ0n) is 14.6. The normalized spacial score (nSPS) is 19.8. The lowest BCUT2D eigenvalue weighted by Gasteiger charge is -2.37. The maximum atomic E-state index is 12.4. The van der Waals surface area contributed by atoms with Gasteiger partial charge in [0.15, 0.2) is 0 Å². The second-order valence-corrected chi connectivity index (χ2v) is 6.34. The summed E-state index contributed by atoms with van der Waals surface area (Å²) < 4.78 is 11.3. The van der Waals surface area contributed by atoms with E-state index in [2.05, 4.69) is 0 Å². The van der Waals surface area contributed by atoms with Crippen molar-refractivity contribution in [3.8, 4) is 0 Å². The van der Waals surface area contributed by atoms with Gasteiger partial charge >= 0.3 is 6.09 Å². The summed E-state index contributed by atoms with van der Waals surface area (Å²) in [6.45, 7) is 1.11. The first kappa shape index (κ1) is 18.1. The number of hydrogen-bond acceptors (Lipinski definition) is 4.